The predicted molar refractivity (Wildman–Crippen MR) is 92.2 cm³/mol. The predicted octanol–water partition coefficient (Wildman–Crippen LogP) is 1.61. The monoisotopic (exact) mass is 327 g/mol. The molecule has 2 aromatic heterocycles. The Morgan fingerprint density at radius 3 is 3.00 bits per heavy atom. The molecule has 0 aliphatic carbocycles. The lowest BCUT2D eigenvalue weighted by Gasteiger charge is -2.32. The minimum absolute atomic E-state index is 0.0696. The summed E-state index contributed by atoms with van der Waals surface area (Å²) in [7, 11) is 0. The van der Waals surface area contributed by atoms with Crippen LogP contribution in [0.4, 0.5) is 0 Å². The maximum atomic E-state index is 12.2. The van der Waals surface area contributed by atoms with E-state index in [0.29, 0.717) is 19.0 Å². The largest absolute Gasteiger partial charge is 0.349 e. The first-order valence-corrected chi connectivity index (χ1v) is 8.57. The number of carbonyl (C=O) groups excluding carboxylic acids is 1. The van der Waals surface area contributed by atoms with E-state index in [1.54, 1.807) is 6.20 Å². The standard InChI is InChI=1S/C18H25N5O/c1-15-19-8-10-23(15)13-16-5-4-9-22(12-16)14-18(24)21-11-17-6-2-3-7-20-17/h2-3,6-8,10,16H,4-5,9,11-14H2,1H3,(H,21,24). The highest BCUT2D eigenvalue weighted by atomic mass is 16.2. The summed E-state index contributed by atoms with van der Waals surface area (Å²) in [6.45, 7) is 5.94. The van der Waals surface area contributed by atoms with Crippen molar-refractivity contribution >= 4 is 5.91 Å². The highest BCUT2D eigenvalue weighted by Gasteiger charge is 2.22. The number of likely N-dealkylation sites (tertiary alicyclic amines) is 1. The van der Waals surface area contributed by atoms with E-state index in [4.69, 9.17) is 0 Å². The summed E-state index contributed by atoms with van der Waals surface area (Å²) >= 11 is 0. The van der Waals surface area contributed by atoms with Crippen LogP contribution in [0, 0.1) is 12.8 Å². The SMILES string of the molecule is Cc1nccn1CC1CCCN(CC(=O)NCc2ccccn2)C1. The molecule has 0 aromatic carbocycles. The van der Waals surface area contributed by atoms with Gasteiger partial charge in [0.05, 0.1) is 18.8 Å². The molecular weight excluding hydrogens is 302 g/mol. The quantitative estimate of drug-likeness (QED) is 0.876. The summed E-state index contributed by atoms with van der Waals surface area (Å²) in [5.41, 5.74) is 0.887. The average Bonchev–Trinajstić information content (AvgIpc) is 2.99. The maximum Gasteiger partial charge on any atom is 0.234 e. The number of rotatable bonds is 6. The zero-order valence-corrected chi connectivity index (χ0v) is 14.2. The Balaban J connectivity index is 1.44. The fourth-order valence-electron chi connectivity index (χ4n) is 3.27. The van der Waals surface area contributed by atoms with Crippen LogP contribution in [0.1, 0.15) is 24.4 Å². The number of hydrogen-bond donors (Lipinski definition) is 1. The minimum Gasteiger partial charge on any atom is -0.349 e. The van der Waals surface area contributed by atoms with Crippen molar-refractivity contribution in [3.05, 3.63) is 48.3 Å². The smallest absolute Gasteiger partial charge is 0.234 e. The van der Waals surface area contributed by atoms with E-state index in [1.807, 2.05) is 37.5 Å². The molecule has 0 spiro atoms. The van der Waals surface area contributed by atoms with Crippen LogP contribution >= 0.6 is 0 Å². The second-order valence-electron chi connectivity index (χ2n) is 6.47. The van der Waals surface area contributed by atoms with Gasteiger partial charge >= 0.3 is 0 Å². The van der Waals surface area contributed by atoms with Gasteiger partial charge in [0.25, 0.3) is 0 Å². The Kier molecular flexibility index (Phi) is 5.59. The van der Waals surface area contributed by atoms with Crippen LogP contribution in [0.3, 0.4) is 0 Å². The summed E-state index contributed by atoms with van der Waals surface area (Å²) in [5, 5.41) is 2.96. The van der Waals surface area contributed by atoms with Crippen LogP contribution < -0.4 is 5.32 Å². The van der Waals surface area contributed by atoms with E-state index in [1.165, 1.54) is 6.42 Å². The van der Waals surface area contributed by atoms with Crippen LogP contribution in [0.25, 0.3) is 0 Å². The van der Waals surface area contributed by atoms with Crippen LogP contribution in [-0.4, -0.2) is 45.0 Å². The van der Waals surface area contributed by atoms with Gasteiger partial charge in [0.1, 0.15) is 5.82 Å². The lowest BCUT2D eigenvalue weighted by atomic mass is 9.98. The number of amides is 1. The fraction of sp³-hybridized carbons (Fsp3) is 0.500. The zero-order chi connectivity index (χ0) is 16.8. The molecule has 6 heteroatoms. The van der Waals surface area contributed by atoms with Gasteiger partial charge in [0.15, 0.2) is 0 Å². The van der Waals surface area contributed by atoms with Crippen LogP contribution in [0.15, 0.2) is 36.8 Å². The van der Waals surface area contributed by atoms with Gasteiger partial charge in [-0.05, 0) is 44.4 Å². The van der Waals surface area contributed by atoms with Crippen LogP contribution in [-0.2, 0) is 17.9 Å². The number of nitrogens with zero attached hydrogens (tertiary/aromatic N) is 4. The molecule has 0 radical (unpaired) electrons. The average molecular weight is 327 g/mol. The molecule has 24 heavy (non-hydrogen) atoms. The molecule has 0 saturated carbocycles. The Hall–Kier alpha value is -2.21. The molecule has 3 rings (SSSR count). The summed E-state index contributed by atoms with van der Waals surface area (Å²) in [6, 6.07) is 5.73. The minimum atomic E-state index is 0.0696. The third-order valence-corrected chi connectivity index (χ3v) is 4.54. The van der Waals surface area contributed by atoms with Gasteiger partial charge in [-0.2, -0.15) is 0 Å². The molecule has 1 unspecified atom stereocenters. The molecule has 1 saturated heterocycles. The van der Waals surface area contributed by atoms with Gasteiger partial charge < -0.3 is 9.88 Å². The van der Waals surface area contributed by atoms with Crippen LogP contribution in [0.2, 0.25) is 0 Å². The topological polar surface area (TPSA) is 63.1 Å². The number of aryl methyl sites for hydroxylation is 1. The Morgan fingerprint density at radius 1 is 1.33 bits per heavy atom. The molecule has 128 valence electrons. The van der Waals surface area contributed by atoms with Crippen molar-refractivity contribution in [1.29, 1.82) is 0 Å². The third-order valence-electron chi connectivity index (χ3n) is 4.54. The van der Waals surface area contributed by atoms with Gasteiger partial charge in [-0.3, -0.25) is 14.7 Å². The number of piperidine rings is 1. The fourth-order valence-corrected chi connectivity index (χ4v) is 3.27. The molecule has 1 aliphatic heterocycles. The summed E-state index contributed by atoms with van der Waals surface area (Å²) in [6.07, 6.45) is 7.99. The molecule has 1 fully saturated rings. The molecule has 1 N–H and O–H groups in total. The lowest BCUT2D eigenvalue weighted by molar-refractivity contribution is -0.122. The number of hydrogen-bond acceptors (Lipinski definition) is 4. The first-order chi connectivity index (χ1) is 11.7. The molecule has 6 nitrogen and oxygen atoms in total. The lowest BCUT2D eigenvalue weighted by Crippen LogP contribution is -2.43. The van der Waals surface area contributed by atoms with Crippen molar-refractivity contribution in [2.45, 2.75) is 32.9 Å². The van der Waals surface area contributed by atoms with E-state index in [-0.39, 0.29) is 5.91 Å². The highest BCUT2D eigenvalue weighted by Crippen LogP contribution is 2.18. The Bertz CT molecular complexity index is 654. The Labute approximate surface area is 142 Å². The van der Waals surface area contributed by atoms with Gasteiger partial charge in [0, 0.05) is 31.7 Å². The number of nitrogens with one attached hydrogen (secondary N) is 1. The first-order valence-electron chi connectivity index (χ1n) is 8.57. The molecule has 1 amide bonds. The number of aromatic nitrogens is 3. The molecule has 1 atom stereocenters. The van der Waals surface area contributed by atoms with Crippen molar-refractivity contribution in [3.8, 4) is 0 Å². The molecular formula is C18H25N5O. The third kappa shape index (κ3) is 4.64. The van der Waals surface area contributed by atoms with E-state index in [0.717, 1.165) is 37.6 Å². The first kappa shape index (κ1) is 16.6. The highest BCUT2D eigenvalue weighted by molar-refractivity contribution is 5.77. The second kappa shape index (κ2) is 8.06. The van der Waals surface area contributed by atoms with Gasteiger partial charge in [-0.25, -0.2) is 4.98 Å². The number of carbonyl (C=O) groups is 1. The summed E-state index contributed by atoms with van der Waals surface area (Å²) < 4.78 is 2.20. The molecule has 0 bridgehead atoms. The molecule has 2 aromatic rings. The van der Waals surface area contributed by atoms with Crippen molar-refractivity contribution in [2.75, 3.05) is 19.6 Å². The van der Waals surface area contributed by atoms with Crippen molar-refractivity contribution < 1.29 is 4.79 Å². The maximum absolute atomic E-state index is 12.2. The summed E-state index contributed by atoms with van der Waals surface area (Å²) in [5.74, 6) is 1.70. The Morgan fingerprint density at radius 2 is 2.25 bits per heavy atom. The molecule has 3 heterocycles. The van der Waals surface area contributed by atoms with Crippen molar-refractivity contribution in [3.63, 3.8) is 0 Å². The van der Waals surface area contributed by atoms with E-state index in [9.17, 15) is 4.79 Å². The van der Waals surface area contributed by atoms with Crippen molar-refractivity contribution in [2.24, 2.45) is 5.92 Å². The van der Waals surface area contributed by atoms with Crippen LogP contribution in [0.5, 0.6) is 0 Å². The van der Waals surface area contributed by atoms with Gasteiger partial charge in [0.2, 0.25) is 5.91 Å². The number of imidazole rings is 1. The summed E-state index contributed by atoms with van der Waals surface area (Å²) in [4.78, 5) is 22.9. The van der Waals surface area contributed by atoms with E-state index >= 15 is 0 Å². The van der Waals surface area contributed by atoms with E-state index < -0.39 is 0 Å². The number of pyridine rings is 1. The molecule has 1 aliphatic rings. The zero-order valence-electron chi connectivity index (χ0n) is 14.2. The van der Waals surface area contributed by atoms with Gasteiger partial charge in [-0.15, -0.1) is 0 Å². The second-order valence-corrected chi connectivity index (χ2v) is 6.47. The van der Waals surface area contributed by atoms with E-state index in [2.05, 4.69) is 24.8 Å². The normalized spacial score (nSPS) is 18.5. The van der Waals surface area contributed by atoms with Gasteiger partial charge in [-0.1, -0.05) is 6.07 Å². The van der Waals surface area contributed by atoms with Crippen molar-refractivity contribution in [1.82, 2.24) is 24.8 Å².